The first kappa shape index (κ1) is 19.3. The summed E-state index contributed by atoms with van der Waals surface area (Å²) in [6.07, 6.45) is 0. The highest BCUT2D eigenvalue weighted by molar-refractivity contribution is 9.10. The molecule has 0 aliphatic carbocycles. The van der Waals surface area contributed by atoms with Crippen molar-refractivity contribution < 1.29 is 28.2 Å². The monoisotopic (exact) mass is 459 g/mol. The summed E-state index contributed by atoms with van der Waals surface area (Å²) >= 11 is 3.40. The van der Waals surface area contributed by atoms with Crippen molar-refractivity contribution in [2.24, 2.45) is 0 Å². The summed E-state index contributed by atoms with van der Waals surface area (Å²) in [6, 6.07) is 10.6. The van der Waals surface area contributed by atoms with Gasteiger partial charge in [0.25, 0.3) is 5.91 Å². The van der Waals surface area contributed by atoms with E-state index in [0.29, 0.717) is 22.6 Å². The Morgan fingerprint density at radius 1 is 1.17 bits per heavy atom. The number of hydrogen-bond acceptors (Lipinski definition) is 6. The molecule has 1 aliphatic rings. The summed E-state index contributed by atoms with van der Waals surface area (Å²) in [6.45, 7) is 3.39. The number of furan rings is 1. The van der Waals surface area contributed by atoms with Gasteiger partial charge in [0.2, 0.25) is 12.6 Å². The minimum Gasteiger partial charge on any atom is -0.454 e. The molecule has 1 N–H and O–H groups in total. The standard InChI is InChI=1S/C21H18BrNO6/c1-11-15-8-14(22)4-6-16(15)29-20(11)21(25)26-9-19(24)23-12(2)13-3-5-17-18(7-13)28-10-27-17/h3-8,12H,9-10H2,1-2H3,(H,23,24)/t12-/m0/s1. The van der Waals surface area contributed by atoms with Crippen molar-refractivity contribution in [2.45, 2.75) is 19.9 Å². The first-order valence-corrected chi connectivity index (χ1v) is 9.76. The lowest BCUT2D eigenvalue weighted by Gasteiger charge is -2.14. The smallest absolute Gasteiger partial charge is 0.375 e. The van der Waals surface area contributed by atoms with Gasteiger partial charge in [-0.25, -0.2) is 4.79 Å². The highest BCUT2D eigenvalue weighted by atomic mass is 79.9. The quantitative estimate of drug-likeness (QED) is 0.573. The molecule has 0 spiro atoms. The molecule has 1 amide bonds. The van der Waals surface area contributed by atoms with Gasteiger partial charge in [-0.15, -0.1) is 0 Å². The Morgan fingerprint density at radius 2 is 1.97 bits per heavy atom. The van der Waals surface area contributed by atoms with E-state index in [1.54, 1.807) is 19.1 Å². The average Bonchev–Trinajstić information content (AvgIpc) is 3.30. The summed E-state index contributed by atoms with van der Waals surface area (Å²) < 4.78 is 22.2. The SMILES string of the molecule is Cc1c(C(=O)OCC(=O)N[C@@H](C)c2ccc3c(c2)OCO3)oc2ccc(Br)cc12. The van der Waals surface area contributed by atoms with E-state index in [1.807, 2.05) is 31.2 Å². The fourth-order valence-corrected chi connectivity index (χ4v) is 3.49. The number of carbonyl (C=O) groups is 2. The lowest BCUT2D eigenvalue weighted by Crippen LogP contribution is -2.31. The van der Waals surface area contributed by atoms with Crippen LogP contribution >= 0.6 is 15.9 Å². The van der Waals surface area contributed by atoms with Gasteiger partial charge in [0.15, 0.2) is 18.1 Å². The van der Waals surface area contributed by atoms with Gasteiger partial charge in [0, 0.05) is 15.4 Å². The van der Waals surface area contributed by atoms with Crippen LogP contribution in [0.5, 0.6) is 11.5 Å². The molecule has 2 heterocycles. The number of carbonyl (C=O) groups excluding carboxylic acids is 2. The van der Waals surface area contributed by atoms with E-state index in [0.717, 1.165) is 15.4 Å². The maximum absolute atomic E-state index is 12.4. The Bertz CT molecular complexity index is 1110. The molecule has 150 valence electrons. The molecule has 3 aromatic rings. The normalized spacial score (nSPS) is 13.3. The van der Waals surface area contributed by atoms with Crippen LogP contribution < -0.4 is 14.8 Å². The Kier molecular flexibility index (Phi) is 5.19. The Hall–Kier alpha value is -3.00. The zero-order valence-electron chi connectivity index (χ0n) is 15.8. The van der Waals surface area contributed by atoms with E-state index in [1.165, 1.54) is 0 Å². The summed E-state index contributed by atoms with van der Waals surface area (Å²) in [5.41, 5.74) is 2.10. The maximum Gasteiger partial charge on any atom is 0.375 e. The van der Waals surface area contributed by atoms with Crippen LogP contribution in [0, 0.1) is 6.92 Å². The molecule has 2 aromatic carbocycles. The number of amides is 1. The van der Waals surface area contributed by atoms with Crippen LogP contribution in [0.2, 0.25) is 0 Å². The third-order valence-corrected chi connectivity index (χ3v) is 5.19. The van der Waals surface area contributed by atoms with Crippen molar-refractivity contribution >= 4 is 38.8 Å². The van der Waals surface area contributed by atoms with E-state index in [9.17, 15) is 9.59 Å². The zero-order chi connectivity index (χ0) is 20.5. The number of rotatable bonds is 5. The van der Waals surface area contributed by atoms with E-state index in [2.05, 4.69) is 21.2 Å². The fourth-order valence-electron chi connectivity index (χ4n) is 3.13. The number of benzene rings is 2. The minimum absolute atomic E-state index is 0.0923. The lowest BCUT2D eigenvalue weighted by atomic mass is 10.1. The van der Waals surface area contributed by atoms with Crippen molar-refractivity contribution in [1.29, 1.82) is 0 Å². The second-order valence-electron chi connectivity index (χ2n) is 6.67. The first-order chi connectivity index (χ1) is 13.9. The van der Waals surface area contributed by atoms with Crippen LogP contribution in [0.4, 0.5) is 0 Å². The zero-order valence-corrected chi connectivity index (χ0v) is 17.4. The first-order valence-electron chi connectivity index (χ1n) is 8.97. The molecule has 1 aromatic heterocycles. The second-order valence-corrected chi connectivity index (χ2v) is 7.59. The molecule has 0 radical (unpaired) electrons. The van der Waals surface area contributed by atoms with Crippen LogP contribution in [0.25, 0.3) is 11.0 Å². The largest absolute Gasteiger partial charge is 0.454 e. The van der Waals surface area contributed by atoms with Gasteiger partial charge >= 0.3 is 5.97 Å². The van der Waals surface area contributed by atoms with Crippen LogP contribution in [0.1, 0.15) is 34.6 Å². The molecule has 29 heavy (non-hydrogen) atoms. The average molecular weight is 460 g/mol. The summed E-state index contributed by atoms with van der Waals surface area (Å²) in [5, 5.41) is 3.61. The van der Waals surface area contributed by atoms with Crippen molar-refractivity contribution in [1.82, 2.24) is 5.32 Å². The highest BCUT2D eigenvalue weighted by Crippen LogP contribution is 2.34. The van der Waals surface area contributed by atoms with Gasteiger partial charge in [0.05, 0.1) is 6.04 Å². The van der Waals surface area contributed by atoms with E-state index < -0.39 is 18.5 Å². The maximum atomic E-state index is 12.4. The van der Waals surface area contributed by atoms with E-state index >= 15 is 0 Å². The van der Waals surface area contributed by atoms with E-state index in [-0.39, 0.29) is 18.6 Å². The fraction of sp³-hybridized carbons (Fsp3) is 0.238. The number of nitrogens with one attached hydrogen (secondary N) is 1. The van der Waals surface area contributed by atoms with Gasteiger partial charge in [-0.05, 0) is 49.7 Å². The molecule has 1 aliphatic heterocycles. The predicted molar refractivity (Wildman–Crippen MR) is 108 cm³/mol. The summed E-state index contributed by atoms with van der Waals surface area (Å²) in [7, 11) is 0. The van der Waals surface area contributed by atoms with Crippen LogP contribution in [-0.2, 0) is 9.53 Å². The molecule has 0 bridgehead atoms. The van der Waals surface area contributed by atoms with Crippen molar-refractivity contribution in [3.63, 3.8) is 0 Å². The third kappa shape index (κ3) is 3.93. The third-order valence-electron chi connectivity index (χ3n) is 4.69. The molecular formula is C21H18BrNO6. The summed E-state index contributed by atoms with van der Waals surface area (Å²) in [4.78, 5) is 24.6. The van der Waals surface area contributed by atoms with Crippen molar-refractivity contribution in [3.8, 4) is 11.5 Å². The number of halogens is 1. The molecular weight excluding hydrogens is 442 g/mol. The van der Waals surface area contributed by atoms with Crippen LogP contribution in [0.3, 0.4) is 0 Å². The number of hydrogen-bond donors (Lipinski definition) is 1. The van der Waals surface area contributed by atoms with E-state index in [4.69, 9.17) is 18.6 Å². The van der Waals surface area contributed by atoms with Gasteiger partial charge in [-0.1, -0.05) is 22.0 Å². The molecule has 0 unspecified atom stereocenters. The molecule has 8 heteroatoms. The highest BCUT2D eigenvalue weighted by Gasteiger charge is 2.21. The second kappa shape index (κ2) is 7.79. The molecule has 0 saturated heterocycles. The molecule has 0 saturated carbocycles. The summed E-state index contributed by atoms with van der Waals surface area (Å²) in [5.74, 6) is 0.312. The Morgan fingerprint density at radius 3 is 2.79 bits per heavy atom. The van der Waals surface area contributed by atoms with Crippen LogP contribution in [-0.4, -0.2) is 25.3 Å². The Balaban J connectivity index is 1.37. The van der Waals surface area contributed by atoms with Crippen LogP contribution in [0.15, 0.2) is 45.3 Å². The van der Waals surface area contributed by atoms with Gasteiger partial charge in [-0.3, -0.25) is 4.79 Å². The Labute approximate surface area is 175 Å². The molecule has 1 atom stereocenters. The number of esters is 1. The molecule has 0 fully saturated rings. The van der Waals surface area contributed by atoms with Gasteiger partial charge < -0.3 is 23.9 Å². The van der Waals surface area contributed by atoms with Gasteiger partial charge in [-0.2, -0.15) is 0 Å². The number of aryl methyl sites for hydroxylation is 1. The lowest BCUT2D eigenvalue weighted by molar-refractivity contribution is -0.124. The predicted octanol–water partition coefficient (Wildman–Crippen LogP) is 4.27. The van der Waals surface area contributed by atoms with Crippen molar-refractivity contribution in [2.75, 3.05) is 13.4 Å². The van der Waals surface area contributed by atoms with Crippen molar-refractivity contribution in [3.05, 3.63) is 57.8 Å². The minimum atomic E-state index is -0.680. The topological polar surface area (TPSA) is 87.0 Å². The molecule has 4 rings (SSSR count). The van der Waals surface area contributed by atoms with Gasteiger partial charge in [0.1, 0.15) is 5.58 Å². The molecule has 7 nitrogen and oxygen atoms in total. The number of fused-ring (bicyclic) bond motifs is 2. The number of ether oxygens (including phenoxy) is 3.